The summed E-state index contributed by atoms with van der Waals surface area (Å²) in [6.45, 7) is 8.74. The number of esters is 2. The van der Waals surface area contributed by atoms with Gasteiger partial charge < -0.3 is 40.1 Å². The van der Waals surface area contributed by atoms with Crippen LogP contribution in [0.5, 0.6) is 0 Å². The molecule has 318 valence electrons. The van der Waals surface area contributed by atoms with Crippen molar-refractivity contribution in [1.82, 2.24) is 0 Å². The Balaban J connectivity index is -0.000000147. The maximum Gasteiger partial charge on any atom is 0.305 e. The third-order valence-corrected chi connectivity index (χ3v) is 4.84. The predicted molar refractivity (Wildman–Crippen MR) is 229 cm³/mol. The number of ether oxygens (including phenoxy) is 2. The Morgan fingerprint density at radius 1 is 0.431 bits per heavy atom. The second kappa shape index (κ2) is 69.2. The number of unbranched alkanes of at least 4 members (excludes halogenated alkanes) is 2. The van der Waals surface area contributed by atoms with E-state index in [0.717, 1.165) is 25.7 Å². The fourth-order valence-electron chi connectivity index (χ4n) is 2.18. The summed E-state index contributed by atoms with van der Waals surface area (Å²) in [5.41, 5.74) is 0. The van der Waals surface area contributed by atoms with Crippen molar-refractivity contribution < 1.29 is 54.5 Å². The van der Waals surface area contributed by atoms with Gasteiger partial charge in [0.25, 0.3) is 0 Å². The molecule has 0 heterocycles. The van der Waals surface area contributed by atoms with E-state index in [-0.39, 0.29) is 58.0 Å². The highest BCUT2D eigenvalue weighted by atomic mass is 16.5. The summed E-state index contributed by atoms with van der Waals surface area (Å²) in [4.78, 5) is 31.5. The molecule has 0 unspecified atom stereocenters. The number of carbonyl (C=O) groups is 3. The lowest BCUT2D eigenvalue weighted by Crippen LogP contribution is -2.02. The number of hydrogen-bond donors (Lipinski definition) is 6. The zero-order valence-electron chi connectivity index (χ0n) is 34.9. The van der Waals surface area contributed by atoms with Gasteiger partial charge in [-0.15, -0.1) is 36.5 Å². The minimum atomic E-state index is -0.867. The first kappa shape index (κ1) is 64.2. The molecular formula is C47H64O11. The zero-order chi connectivity index (χ0) is 45.0. The first-order valence-electron chi connectivity index (χ1n) is 18.9. The number of aliphatic hydroxyl groups excluding tert-OH is 5. The van der Waals surface area contributed by atoms with Gasteiger partial charge in [-0.05, 0) is 48.4 Å². The quantitative estimate of drug-likeness (QED) is 0.0788. The molecule has 0 saturated carbocycles. The first-order valence-corrected chi connectivity index (χ1v) is 18.9. The Labute approximate surface area is 349 Å². The molecule has 58 heavy (non-hydrogen) atoms. The fraction of sp³-hybridized carbons (Fsp3) is 0.553. The predicted octanol–water partition coefficient (Wildman–Crippen LogP) is 4.27. The van der Waals surface area contributed by atoms with Crippen LogP contribution in [0, 0.1) is 108 Å². The maximum atomic E-state index is 10.7. The fourth-order valence-corrected chi connectivity index (χ4v) is 2.18. The molecule has 0 aliphatic heterocycles. The monoisotopic (exact) mass is 804 g/mol. The summed E-state index contributed by atoms with van der Waals surface area (Å²) in [5.74, 6) is 40.6. The van der Waals surface area contributed by atoms with E-state index in [1.165, 1.54) is 0 Å². The van der Waals surface area contributed by atoms with Crippen molar-refractivity contribution in [3.63, 3.8) is 0 Å². The number of carbonyl (C=O) groups excluding carboxylic acids is 2. The largest absolute Gasteiger partial charge is 0.481 e. The van der Waals surface area contributed by atoms with E-state index < -0.39 is 5.97 Å². The van der Waals surface area contributed by atoms with Crippen molar-refractivity contribution in [1.29, 1.82) is 0 Å². The molecule has 0 aromatic heterocycles. The van der Waals surface area contributed by atoms with Gasteiger partial charge in [-0.2, -0.15) is 0 Å². The second-order valence-electron chi connectivity index (χ2n) is 9.98. The molecule has 0 aromatic carbocycles. The van der Waals surface area contributed by atoms with Gasteiger partial charge in [-0.25, -0.2) is 0 Å². The molecular weight excluding hydrogens is 741 g/mol. The molecule has 0 aromatic rings. The molecule has 0 aliphatic rings. The third-order valence-electron chi connectivity index (χ3n) is 4.84. The Kier molecular flexibility index (Phi) is 76.5. The average Bonchev–Trinajstić information content (AvgIpc) is 3.22. The van der Waals surface area contributed by atoms with E-state index >= 15 is 0 Å². The minimum Gasteiger partial charge on any atom is -0.481 e. The zero-order valence-corrected chi connectivity index (χ0v) is 34.9. The van der Waals surface area contributed by atoms with Gasteiger partial charge in [-0.1, -0.05) is 63.2 Å². The van der Waals surface area contributed by atoms with Crippen LogP contribution in [0.4, 0.5) is 0 Å². The van der Waals surface area contributed by atoms with Gasteiger partial charge in [0.1, 0.15) is 13.2 Å². The van der Waals surface area contributed by atoms with Gasteiger partial charge in [0.2, 0.25) is 0 Å². The summed E-state index contributed by atoms with van der Waals surface area (Å²) < 4.78 is 9.57. The van der Waals surface area contributed by atoms with Crippen LogP contribution in [0.1, 0.15) is 124 Å². The van der Waals surface area contributed by atoms with Crippen LogP contribution in [0.3, 0.4) is 0 Å². The Morgan fingerprint density at radius 3 is 1.00 bits per heavy atom. The average molecular weight is 805 g/mol. The molecule has 11 nitrogen and oxygen atoms in total. The molecule has 0 atom stereocenters. The van der Waals surface area contributed by atoms with Crippen molar-refractivity contribution in [2.75, 3.05) is 46.2 Å². The van der Waals surface area contributed by atoms with Crippen molar-refractivity contribution in [2.24, 2.45) is 0 Å². The van der Waals surface area contributed by atoms with Crippen molar-refractivity contribution in [2.45, 2.75) is 124 Å². The van der Waals surface area contributed by atoms with Crippen LogP contribution in [0.2, 0.25) is 0 Å². The van der Waals surface area contributed by atoms with Gasteiger partial charge in [0.15, 0.2) is 0 Å². The molecule has 0 aliphatic carbocycles. The second-order valence-corrected chi connectivity index (χ2v) is 9.98. The van der Waals surface area contributed by atoms with Crippen molar-refractivity contribution >= 4 is 17.9 Å². The summed E-state index contributed by atoms with van der Waals surface area (Å²) in [6, 6.07) is 0. The summed E-state index contributed by atoms with van der Waals surface area (Å²) in [7, 11) is 0. The smallest absolute Gasteiger partial charge is 0.305 e. The van der Waals surface area contributed by atoms with Crippen molar-refractivity contribution in [3.05, 3.63) is 0 Å². The van der Waals surface area contributed by atoms with Crippen LogP contribution >= 0.6 is 0 Å². The van der Waals surface area contributed by atoms with Crippen LogP contribution in [-0.2, 0) is 23.9 Å². The molecule has 0 rings (SSSR count). The van der Waals surface area contributed by atoms with Crippen LogP contribution in [0.15, 0.2) is 0 Å². The lowest BCUT2D eigenvalue weighted by Gasteiger charge is -1.97. The van der Waals surface area contributed by atoms with Crippen LogP contribution in [-0.4, -0.2) is 94.8 Å². The molecule has 6 N–H and O–H groups in total. The third kappa shape index (κ3) is 92.8. The van der Waals surface area contributed by atoms with Gasteiger partial charge in [0, 0.05) is 77.0 Å². The summed E-state index contributed by atoms with van der Waals surface area (Å²) in [6.07, 6.45) is 18.2. The first-order chi connectivity index (χ1) is 28.1. The van der Waals surface area contributed by atoms with E-state index in [2.05, 4.69) is 109 Å². The molecule has 0 fully saturated rings. The lowest BCUT2D eigenvalue weighted by atomic mass is 10.3. The number of hydrogen-bond acceptors (Lipinski definition) is 10. The van der Waals surface area contributed by atoms with Gasteiger partial charge >= 0.3 is 17.9 Å². The standard InChI is InChI=1S/C12H14O4.C11H14O3.C8H10O2.C7H12O.C5H8.C4H6O/c1-2-12(15)16-10-8-6-4-3-5-7-9-11(13)14;1-2-11(13)14-10-8-6-4-3-5-7-9-12;9-7-5-3-1-2-4-6-8-10;1-2-3-4-5-6-7-8;1-3-5-4-2;1-2-3-4-5/h2,7-10H2,1H3,(H,13,14);12H,2,7-10H2,1H3;9-10H,5-8H2;8H,2-3,6-7H2,1H3;1H,4-5H2,2H3;1,5H,3-4H2. The van der Waals surface area contributed by atoms with Gasteiger partial charge in [0.05, 0.1) is 39.5 Å². The number of carboxylic acid groups (broad SMARTS) is 1. The minimum absolute atomic E-state index is 0.0305. The lowest BCUT2D eigenvalue weighted by molar-refractivity contribution is -0.143. The summed E-state index contributed by atoms with van der Waals surface area (Å²) in [5, 5.41) is 49.4. The molecule has 0 bridgehead atoms. The summed E-state index contributed by atoms with van der Waals surface area (Å²) >= 11 is 0. The number of aliphatic carboxylic acids is 1. The number of carboxylic acids is 1. The molecule has 11 heteroatoms. The number of aliphatic hydroxyl groups is 5. The van der Waals surface area contributed by atoms with Crippen LogP contribution in [0.25, 0.3) is 0 Å². The topological polar surface area (TPSA) is 191 Å². The molecule has 0 saturated heterocycles. The maximum absolute atomic E-state index is 10.7. The molecule has 0 radical (unpaired) electrons. The highest BCUT2D eigenvalue weighted by Gasteiger charge is 1.95. The molecule has 0 spiro atoms. The Bertz CT molecular complexity index is 1470. The number of terminal acetylenes is 2. The van der Waals surface area contributed by atoms with E-state index in [4.69, 9.17) is 53.0 Å². The van der Waals surface area contributed by atoms with E-state index in [0.29, 0.717) is 70.8 Å². The van der Waals surface area contributed by atoms with Crippen LogP contribution < -0.4 is 0 Å². The van der Waals surface area contributed by atoms with Crippen molar-refractivity contribution in [3.8, 4) is 108 Å². The van der Waals surface area contributed by atoms with Gasteiger partial charge in [-0.3, -0.25) is 14.4 Å². The Hall–Kier alpha value is -5.75. The highest BCUT2D eigenvalue weighted by Crippen LogP contribution is 1.88. The normalized spacial score (nSPS) is 7.50. The number of rotatable bonds is 15. The van der Waals surface area contributed by atoms with E-state index in [1.807, 2.05) is 0 Å². The Morgan fingerprint density at radius 2 is 0.741 bits per heavy atom. The van der Waals surface area contributed by atoms with E-state index in [1.54, 1.807) is 13.8 Å². The highest BCUT2D eigenvalue weighted by molar-refractivity contribution is 5.69. The molecule has 0 amide bonds. The van der Waals surface area contributed by atoms with E-state index in [9.17, 15) is 14.4 Å². The SMILES string of the molecule is C#CCCC.C#CCCO.CCC(=O)OCCC#CC#CCCC(=O)O.CCC(=O)OCCC#CC#CCCO.CCCC#CCCO.OCCC#CC#CCCO.